The van der Waals surface area contributed by atoms with E-state index in [1.807, 2.05) is 6.08 Å². The van der Waals surface area contributed by atoms with Crippen LogP contribution < -0.4 is 5.19 Å². The first kappa shape index (κ1) is 23.1. The lowest BCUT2D eigenvalue weighted by Crippen LogP contribution is -2.39. The Kier molecular flexibility index (Phi) is 6.82. The van der Waals surface area contributed by atoms with Crippen LogP contribution in [0, 0.1) is 11.8 Å². The lowest BCUT2D eigenvalue weighted by atomic mass is 9.66. The van der Waals surface area contributed by atoms with Crippen molar-refractivity contribution in [2.45, 2.75) is 84.9 Å². The molecule has 30 heavy (non-hydrogen) atoms. The number of fused-ring (bicyclic) bond motifs is 3. The molecule has 3 rings (SSSR count). The van der Waals surface area contributed by atoms with E-state index in [0.717, 1.165) is 6.42 Å². The largest absolute Gasteiger partial charge is 0.103 e. The summed E-state index contributed by atoms with van der Waals surface area (Å²) in [4.78, 5) is 0. The van der Waals surface area contributed by atoms with Crippen LogP contribution in [0.1, 0.15) is 70.1 Å². The van der Waals surface area contributed by atoms with Gasteiger partial charge in [-0.2, -0.15) is 0 Å². The first-order chi connectivity index (χ1) is 14.2. The van der Waals surface area contributed by atoms with Crippen molar-refractivity contribution in [3.05, 3.63) is 65.7 Å². The maximum absolute atomic E-state index is 3.99. The molecule has 0 saturated carbocycles. The standard InChI is InChI=1S/C29H42Si/c1-9-12-23-13-15-25-26-16-14-24(30(6,7)8)18-28(26)29(27(25)17-23,19-21(4)10-2)20-22(5)11-3/h9,13-18,21-22H,1,10-12,19-20H2,2-8H3. The van der Waals surface area contributed by atoms with E-state index in [4.69, 9.17) is 0 Å². The van der Waals surface area contributed by atoms with Crippen molar-refractivity contribution in [2.75, 3.05) is 0 Å². The van der Waals surface area contributed by atoms with Gasteiger partial charge in [-0.1, -0.05) is 108 Å². The zero-order valence-electron chi connectivity index (χ0n) is 20.4. The summed E-state index contributed by atoms with van der Waals surface area (Å²) < 4.78 is 0. The summed E-state index contributed by atoms with van der Waals surface area (Å²) in [5.41, 5.74) is 7.72. The molecular formula is C29H42Si. The number of rotatable bonds is 9. The van der Waals surface area contributed by atoms with Crippen molar-refractivity contribution < 1.29 is 0 Å². The minimum absolute atomic E-state index is 0.141. The highest BCUT2D eigenvalue weighted by molar-refractivity contribution is 6.88. The van der Waals surface area contributed by atoms with Gasteiger partial charge in [0, 0.05) is 5.41 Å². The molecule has 0 N–H and O–H groups in total. The van der Waals surface area contributed by atoms with Gasteiger partial charge >= 0.3 is 0 Å². The van der Waals surface area contributed by atoms with E-state index in [9.17, 15) is 0 Å². The molecule has 0 bridgehead atoms. The Morgan fingerprint density at radius 1 is 0.867 bits per heavy atom. The highest BCUT2D eigenvalue weighted by Crippen LogP contribution is 2.55. The fourth-order valence-corrected chi connectivity index (χ4v) is 6.46. The summed E-state index contributed by atoms with van der Waals surface area (Å²) in [7, 11) is -1.38. The molecule has 0 spiro atoms. The fourth-order valence-electron chi connectivity index (χ4n) is 5.30. The Hall–Kier alpha value is -1.60. The lowest BCUT2D eigenvalue weighted by Gasteiger charge is -2.37. The maximum atomic E-state index is 3.99. The van der Waals surface area contributed by atoms with Gasteiger partial charge in [0.1, 0.15) is 0 Å². The number of allylic oxidation sites excluding steroid dienone is 1. The molecule has 0 nitrogen and oxygen atoms in total. The molecule has 2 aromatic carbocycles. The Labute approximate surface area is 186 Å². The first-order valence-corrected chi connectivity index (χ1v) is 15.6. The summed E-state index contributed by atoms with van der Waals surface area (Å²) in [5, 5.41) is 1.60. The fraction of sp³-hybridized carbons (Fsp3) is 0.517. The van der Waals surface area contributed by atoms with Crippen LogP contribution in [0.2, 0.25) is 19.6 Å². The molecule has 0 amide bonds. The predicted molar refractivity (Wildman–Crippen MR) is 138 cm³/mol. The second-order valence-corrected chi connectivity index (χ2v) is 16.0. The topological polar surface area (TPSA) is 0 Å². The van der Waals surface area contributed by atoms with E-state index in [1.54, 1.807) is 16.3 Å². The molecule has 0 saturated heterocycles. The molecule has 0 fully saturated rings. The summed E-state index contributed by atoms with van der Waals surface area (Å²) in [6, 6.07) is 14.7. The van der Waals surface area contributed by atoms with E-state index < -0.39 is 8.07 Å². The van der Waals surface area contributed by atoms with Gasteiger partial charge in [0.15, 0.2) is 0 Å². The Balaban J connectivity index is 2.31. The molecule has 0 radical (unpaired) electrons. The van der Waals surface area contributed by atoms with E-state index in [1.165, 1.54) is 42.4 Å². The zero-order chi connectivity index (χ0) is 22.1. The second-order valence-electron chi connectivity index (χ2n) is 10.9. The smallest absolute Gasteiger partial charge is 0.0776 e. The quantitative estimate of drug-likeness (QED) is 0.285. The molecule has 0 heterocycles. The van der Waals surface area contributed by atoms with E-state index in [-0.39, 0.29) is 5.41 Å². The van der Waals surface area contributed by atoms with E-state index >= 15 is 0 Å². The summed E-state index contributed by atoms with van der Waals surface area (Å²) in [5.74, 6) is 1.43. The summed E-state index contributed by atoms with van der Waals surface area (Å²) >= 11 is 0. The third kappa shape index (κ3) is 4.24. The summed E-state index contributed by atoms with van der Waals surface area (Å²) in [6.07, 6.45) is 7.98. The van der Waals surface area contributed by atoms with Crippen molar-refractivity contribution >= 4 is 13.3 Å². The van der Waals surface area contributed by atoms with Crippen molar-refractivity contribution in [3.8, 4) is 11.1 Å². The number of hydrogen-bond donors (Lipinski definition) is 0. The van der Waals surface area contributed by atoms with Gasteiger partial charge in [-0.3, -0.25) is 0 Å². The minimum atomic E-state index is -1.38. The van der Waals surface area contributed by atoms with Crippen molar-refractivity contribution in [1.82, 2.24) is 0 Å². The number of benzene rings is 2. The van der Waals surface area contributed by atoms with Crippen LogP contribution in [-0.2, 0) is 11.8 Å². The molecule has 1 heteroatoms. The lowest BCUT2D eigenvalue weighted by molar-refractivity contribution is 0.308. The van der Waals surface area contributed by atoms with Gasteiger partial charge in [0.25, 0.3) is 0 Å². The first-order valence-electron chi connectivity index (χ1n) is 12.1. The van der Waals surface area contributed by atoms with Crippen LogP contribution in [0.25, 0.3) is 11.1 Å². The third-order valence-electron chi connectivity index (χ3n) is 7.46. The van der Waals surface area contributed by atoms with Crippen LogP contribution >= 0.6 is 0 Å². The molecule has 2 aromatic rings. The molecule has 2 atom stereocenters. The van der Waals surface area contributed by atoms with Gasteiger partial charge < -0.3 is 0 Å². The van der Waals surface area contributed by atoms with Crippen LogP contribution in [0.3, 0.4) is 0 Å². The normalized spacial score (nSPS) is 19.8. The van der Waals surface area contributed by atoms with Crippen molar-refractivity contribution in [1.29, 1.82) is 0 Å². The average molecular weight is 419 g/mol. The van der Waals surface area contributed by atoms with Crippen LogP contribution in [0.15, 0.2) is 49.1 Å². The van der Waals surface area contributed by atoms with Crippen LogP contribution in [0.4, 0.5) is 0 Å². The van der Waals surface area contributed by atoms with Crippen LogP contribution in [-0.4, -0.2) is 8.07 Å². The predicted octanol–water partition coefficient (Wildman–Crippen LogP) is 8.10. The molecule has 2 unspecified atom stereocenters. The summed E-state index contributed by atoms with van der Waals surface area (Å²) in [6.45, 7) is 21.0. The second kappa shape index (κ2) is 8.87. The zero-order valence-corrected chi connectivity index (χ0v) is 21.4. The van der Waals surface area contributed by atoms with Crippen molar-refractivity contribution in [3.63, 3.8) is 0 Å². The van der Waals surface area contributed by atoms with Crippen molar-refractivity contribution in [2.24, 2.45) is 11.8 Å². The Morgan fingerprint density at radius 3 is 1.90 bits per heavy atom. The molecule has 1 aliphatic rings. The average Bonchev–Trinajstić information content (AvgIpc) is 2.96. The Bertz CT molecular complexity index is 887. The van der Waals surface area contributed by atoms with Gasteiger partial charge in [-0.15, -0.1) is 6.58 Å². The maximum Gasteiger partial charge on any atom is 0.0776 e. The molecule has 1 aliphatic carbocycles. The van der Waals surface area contributed by atoms with E-state index in [0.29, 0.717) is 11.8 Å². The monoisotopic (exact) mass is 418 g/mol. The number of hydrogen-bond acceptors (Lipinski definition) is 0. The Morgan fingerprint density at radius 2 is 1.40 bits per heavy atom. The molecular weight excluding hydrogens is 376 g/mol. The molecule has 0 aliphatic heterocycles. The van der Waals surface area contributed by atoms with Gasteiger partial charge in [0.05, 0.1) is 8.07 Å². The minimum Gasteiger partial charge on any atom is -0.103 e. The molecule has 0 aromatic heterocycles. The SMILES string of the molecule is C=CCc1ccc2c(c1)C(CC(C)CC)(CC(C)CC)c1cc([Si](C)(C)C)ccc1-2. The third-order valence-corrected chi connectivity index (χ3v) is 9.50. The van der Waals surface area contributed by atoms with E-state index in [2.05, 4.69) is 90.3 Å². The highest BCUT2D eigenvalue weighted by Gasteiger charge is 2.44. The van der Waals surface area contributed by atoms with Crippen LogP contribution in [0.5, 0.6) is 0 Å². The van der Waals surface area contributed by atoms with Gasteiger partial charge in [0.2, 0.25) is 0 Å². The molecule has 162 valence electrons. The van der Waals surface area contributed by atoms with Gasteiger partial charge in [-0.05, 0) is 58.9 Å². The highest BCUT2D eigenvalue weighted by atomic mass is 28.3. The van der Waals surface area contributed by atoms with Gasteiger partial charge in [-0.25, -0.2) is 0 Å².